The van der Waals surface area contributed by atoms with Gasteiger partial charge in [0.05, 0.1) is 12.5 Å². The summed E-state index contributed by atoms with van der Waals surface area (Å²) in [5.41, 5.74) is 1.00. The molecule has 0 bridgehead atoms. The highest BCUT2D eigenvalue weighted by Crippen LogP contribution is 2.20. The molecule has 0 N–H and O–H groups in total. The van der Waals surface area contributed by atoms with Crippen LogP contribution in [0.5, 0.6) is 0 Å². The van der Waals surface area contributed by atoms with Gasteiger partial charge in [-0.15, -0.1) is 11.8 Å². The molecule has 0 aliphatic carbocycles. The van der Waals surface area contributed by atoms with Crippen molar-refractivity contribution in [2.45, 2.75) is 24.4 Å². The topological polar surface area (TPSA) is 23.8 Å². The first-order valence-corrected chi connectivity index (χ1v) is 5.43. The van der Waals surface area contributed by atoms with E-state index in [1.54, 1.807) is 6.92 Å². The highest BCUT2D eigenvalue weighted by atomic mass is 32.2. The normalized spacial score (nSPS) is 12.1. The first-order valence-electron chi connectivity index (χ1n) is 4.45. The highest BCUT2D eigenvalue weighted by Gasteiger charge is 2.00. The number of thioether (sulfide) groups is 1. The molecule has 0 fully saturated rings. The second kappa shape index (κ2) is 5.66. The van der Waals surface area contributed by atoms with Crippen molar-refractivity contribution in [3.05, 3.63) is 29.8 Å². The zero-order valence-electron chi connectivity index (χ0n) is 8.03. The minimum Gasteiger partial charge on any atom is -0.247 e. The van der Waals surface area contributed by atoms with Crippen molar-refractivity contribution in [2.24, 2.45) is 0 Å². The molecular weight excluding hydrogens is 197 g/mol. The summed E-state index contributed by atoms with van der Waals surface area (Å²) in [5.74, 6) is 0.484. The van der Waals surface area contributed by atoms with Gasteiger partial charge in [-0.2, -0.15) is 5.26 Å². The summed E-state index contributed by atoms with van der Waals surface area (Å²) < 4.78 is 12.5. The average Bonchev–Trinajstić information content (AvgIpc) is 2.17. The average molecular weight is 209 g/mol. The smallest absolute Gasteiger partial charge is 0.107 e. The molecule has 0 aromatic heterocycles. The molecule has 0 saturated heterocycles. The SMILES string of the molecule is CC(F)CSc1ccc(CC#N)cc1. The van der Waals surface area contributed by atoms with Crippen LogP contribution in [0.25, 0.3) is 0 Å². The summed E-state index contributed by atoms with van der Waals surface area (Å²) in [7, 11) is 0. The summed E-state index contributed by atoms with van der Waals surface area (Å²) >= 11 is 1.50. The molecule has 1 aromatic carbocycles. The van der Waals surface area contributed by atoms with Crippen molar-refractivity contribution in [1.82, 2.24) is 0 Å². The van der Waals surface area contributed by atoms with Crippen LogP contribution in [0.15, 0.2) is 29.2 Å². The lowest BCUT2D eigenvalue weighted by molar-refractivity contribution is 0.398. The van der Waals surface area contributed by atoms with Gasteiger partial charge in [0, 0.05) is 10.6 Å². The molecule has 0 saturated carbocycles. The van der Waals surface area contributed by atoms with Crippen molar-refractivity contribution >= 4 is 11.8 Å². The van der Waals surface area contributed by atoms with Gasteiger partial charge in [0.25, 0.3) is 0 Å². The number of halogens is 1. The lowest BCUT2D eigenvalue weighted by Gasteiger charge is -2.02. The van der Waals surface area contributed by atoms with E-state index in [-0.39, 0.29) is 0 Å². The maximum Gasteiger partial charge on any atom is 0.107 e. The second-order valence-corrected chi connectivity index (χ2v) is 4.16. The van der Waals surface area contributed by atoms with Crippen LogP contribution in [0.3, 0.4) is 0 Å². The Kier molecular flexibility index (Phi) is 4.48. The number of benzene rings is 1. The van der Waals surface area contributed by atoms with Crippen LogP contribution in [0.4, 0.5) is 4.39 Å². The van der Waals surface area contributed by atoms with E-state index in [0.29, 0.717) is 12.2 Å². The zero-order valence-corrected chi connectivity index (χ0v) is 8.85. The van der Waals surface area contributed by atoms with Crippen LogP contribution < -0.4 is 0 Å². The Morgan fingerprint density at radius 1 is 1.43 bits per heavy atom. The van der Waals surface area contributed by atoms with Gasteiger partial charge in [-0.25, -0.2) is 4.39 Å². The van der Waals surface area contributed by atoms with E-state index in [0.717, 1.165) is 10.5 Å². The fourth-order valence-electron chi connectivity index (χ4n) is 1.01. The van der Waals surface area contributed by atoms with Crippen LogP contribution in [0.1, 0.15) is 12.5 Å². The van der Waals surface area contributed by atoms with Gasteiger partial charge >= 0.3 is 0 Å². The van der Waals surface area contributed by atoms with E-state index in [1.807, 2.05) is 24.3 Å². The minimum absolute atomic E-state index is 0.435. The van der Waals surface area contributed by atoms with Gasteiger partial charge in [-0.1, -0.05) is 12.1 Å². The Morgan fingerprint density at radius 3 is 2.57 bits per heavy atom. The van der Waals surface area contributed by atoms with Gasteiger partial charge < -0.3 is 0 Å². The number of nitriles is 1. The molecule has 14 heavy (non-hydrogen) atoms. The first-order chi connectivity index (χ1) is 6.72. The van der Waals surface area contributed by atoms with E-state index in [1.165, 1.54) is 11.8 Å². The fourth-order valence-corrected chi connectivity index (χ4v) is 1.76. The molecule has 0 aliphatic rings. The summed E-state index contributed by atoms with van der Waals surface area (Å²) in [6.45, 7) is 1.55. The summed E-state index contributed by atoms with van der Waals surface area (Å²) in [5, 5.41) is 8.46. The van der Waals surface area contributed by atoms with E-state index in [2.05, 4.69) is 6.07 Å². The second-order valence-electron chi connectivity index (χ2n) is 3.07. The molecule has 1 aromatic rings. The van der Waals surface area contributed by atoms with Crippen LogP contribution >= 0.6 is 11.8 Å². The monoisotopic (exact) mass is 209 g/mol. The number of hydrogen-bond donors (Lipinski definition) is 0. The molecule has 3 heteroatoms. The molecule has 74 valence electrons. The Hall–Kier alpha value is -1.01. The Labute approximate surface area is 87.9 Å². The third kappa shape index (κ3) is 3.80. The van der Waals surface area contributed by atoms with Crippen LogP contribution in [0, 0.1) is 11.3 Å². The molecule has 1 atom stereocenters. The molecule has 1 rings (SSSR count). The number of hydrogen-bond acceptors (Lipinski definition) is 2. The quantitative estimate of drug-likeness (QED) is 0.711. The van der Waals surface area contributed by atoms with Crippen molar-refractivity contribution in [3.63, 3.8) is 0 Å². The van der Waals surface area contributed by atoms with Gasteiger partial charge in [0.15, 0.2) is 0 Å². The van der Waals surface area contributed by atoms with Gasteiger partial charge in [0.1, 0.15) is 6.17 Å². The number of rotatable bonds is 4. The van der Waals surface area contributed by atoms with Crippen LogP contribution in [0.2, 0.25) is 0 Å². The van der Waals surface area contributed by atoms with Gasteiger partial charge in [0.2, 0.25) is 0 Å². The van der Waals surface area contributed by atoms with E-state index in [4.69, 9.17) is 5.26 Å². The van der Waals surface area contributed by atoms with Crippen LogP contribution in [-0.4, -0.2) is 11.9 Å². The number of alkyl halides is 1. The largest absolute Gasteiger partial charge is 0.247 e. The molecular formula is C11H12FNS. The molecule has 0 radical (unpaired) electrons. The lowest BCUT2D eigenvalue weighted by atomic mass is 10.2. The predicted octanol–water partition coefficient (Wildman–Crippen LogP) is 3.20. The summed E-state index contributed by atoms with van der Waals surface area (Å²) in [4.78, 5) is 1.05. The zero-order chi connectivity index (χ0) is 10.4. The first kappa shape index (κ1) is 11.1. The third-order valence-corrected chi connectivity index (χ3v) is 2.92. The third-order valence-electron chi connectivity index (χ3n) is 1.69. The highest BCUT2D eigenvalue weighted by molar-refractivity contribution is 7.99. The molecule has 0 amide bonds. The Bertz CT molecular complexity index is 313. The van der Waals surface area contributed by atoms with Gasteiger partial charge in [-0.05, 0) is 24.6 Å². The van der Waals surface area contributed by atoms with Gasteiger partial charge in [-0.3, -0.25) is 0 Å². The Balaban J connectivity index is 2.52. The molecule has 0 spiro atoms. The van der Waals surface area contributed by atoms with Crippen molar-refractivity contribution in [1.29, 1.82) is 5.26 Å². The summed E-state index contributed by atoms with van der Waals surface area (Å²) in [6, 6.07) is 9.77. The van der Waals surface area contributed by atoms with E-state index in [9.17, 15) is 4.39 Å². The Morgan fingerprint density at radius 2 is 2.07 bits per heavy atom. The van der Waals surface area contributed by atoms with E-state index < -0.39 is 6.17 Å². The van der Waals surface area contributed by atoms with Crippen molar-refractivity contribution in [3.8, 4) is 6.07 Å². The minimum atomic E-state index is -0.779. The molecule has 1 unspecified atom stereocenters. The molecule has 0 heterocycles. The summed E-state index contributed by atoms with van der Waals surface area (Å²) in [6.07, 6.45) is -0.344. The number of nitrogens with zero attached hydrogens (tertiary/aromatic N) is 1. The lowest BCUT2D eigenvalue weighted by Crippen LogP contribution is -1.95. The maximum absolute atomic E-state index is 12.5. The molecule has 1 nitrogen and oxygen atoms in total. The maximum atomic E-state index is 12.5. The fraction of sp³-hybridized carbons (Fsp3) is 0.364. The standard InChI is InChI=1S/C11H12FNS/c1-9(12)8-14-11-4-2-10(3-5-11)6-7-13/h2-5,9H,6,8H2,1H3. The van der Waals surface area contributed by atoms with Crippen molar-refractivity contribution in [2.75, 3.05) is 5.75 Å². The predicted molar refractivity (Wildman–Crippen MR) is 57.1 cm³/mol. The van der Waals surface area contributed by atoms with Crippen LogP contribution in [-0.2, 0) is 6.42 Å². The van der Waals surface area contributed by atoms with Crippen molar-refractivity contribution < 1.29 is 4.39 Å². The van der Waals surface area contributed by atoms with E-state index >= 15 is 0 Å². The molecule has 0 aliphatic heterocycles.